The molecular weight excluding hydrogens is 398 g/mol. The summed E-state index contributed by atoms with van der Waals surface area (Å²) in [6.07, 6.45) is 6.57. The van der Waals surface area contributed by atoms with Crippen molar-refractivity contribution < 1.29 is 14.3 Å². The fourth-order valence-corrected chi connectivity index (χ4v) is 5.43. The largest absolute Gasteiger partial charge is 0.370 e. The number of rotatable bonds is 7. The number of nitrogens with zero attached hydrogens (tertiary/aromatic N) is 3. The molecule has 1 saturated carbocycles. The predicted molar refractivity (Wildman–Crippen MR) is 115 cm³/mol. The second-order valence-electron chi connectivity index (χ2n) is 8.62. The topological polar surface area (TPSA) is 72.4 Å². The summed E-state index contributed by atoms with van der Waals surface area (Å²) < 4.78 is 5.76. The lowest BCUT2D eigenvalue weighted by molar-refractivity contribution is -0.151. The number of ether oxygens (including phenoxy) is 1. The molecule has 1 saturated heterocycles. The molecule has 2 aromatic rings. The Hall–Kier alpha value is -2.12. The van der Waals surface area contributed by atoms with Crippen LogP contribution in [0.2, 0.25) is 0 Å². The van der Waals surface area contributed by atoms with Gasteiger partial charge in [-0.25, -0.2) is 0 Å². The van der Waals surface area contributed by atoms with Gasteiger partial charge in [0.25, 0.3) is 5.91 Å². The van der Waals surface area contributed by atoms with Crippen LogP contribution in [0.25, 0.3) is 0 Å². The van der Waals surface area contributed by atoms with E-state index in [9.17, 15) is 9.59 Å². The third-order valence-corrected chi connectivity index (χ3v) is 7.32. The zero-order valence-corrected chi connectivity index (χ0v) is 18.3. The lowest BCUT2D eigenvalue weighted by atomic mass is 9.72. The first-order valence-corrected chi connectivity index (χ1v) is 11.7. The highest BCUT2D eigenvalue weighted by molar-refractivity contribution is 7.11. The molecule has 1 unspecified atom stereocenters. The molecule has 6 nitrogen and oxygen atoms in total. The third kappa shape index (κ3) is 4.62. The number of Topliss-reactive ketones (excluding diaryl/α,β-unsaturated/α-hetero) is 1. The van der Waals surface area contributed by atoms with Crippen LogP contribution in [0.4, 0.5) is 0 Å². The van der Waals surface area contributed by atoms with Crippen molar-refractivity contribution in [3.63, 3.8) is 0 Å². The zero-order chi connectivity index (χ0) is 21.0. The molecule has 2 aliphatic rings. The summed E-state index contributed by atoms with van der Waals surface area (Å²) in [4.78, 5) is 27.8. The number of ketones is 1. The van der Waals surface area contributed by atoms with Crippen molar-refractivity contribution in [2.24, 2.45) is 5.41 Å². The van der Waals surface area contributed by atoms with Crippen LogP contribution in [0, 0.1) is 5.41 Å². The van der Waals surface area contributed by atoms with Crippen molar-refractivity contribution in [3.05, 3.63) is 45.9 Å². The summed E-state index contributed by atoms with van der Waals surface area (Å²) in [5.41, 5.74) is 0.615. The smallest absolute Gasteiger partial charge is 0.291 e. The fraction of sp³-hybridized carbons (Fsp3) is 0.565. The van der Waals surface area contributed by atoms with E-state index in [1.807, 2.05) is 37.3 Å². The molecule has 160 valence electrons. The first-order valence-electron chi connectivity index (χ1n) is 10.9. The van der Waals surface area contributed by atoms with Gasteiger partial charge in [-0.2, -0.15) is 0 Å². The van der Waals surface area contributed by atoms with Gasteiger partial charge in [0, 0.05) is 12.0 Å². The summed E-state index contributed by atoms with van der Waals surface area (Å²) in [5.74, 6) is -0.552. The summed E-state index contributed by atoms with van der Waals surface area (Å²) in [5, 5.41) is 10.2. The van der Waals surface area contributed by atoms with Crippen LogP contribution in [0.3, 0.4) is 0 Å². The third-order valence-electron chi connectivity index (χ3n) is 6.32. The maximum Gasteiger partial charge on any atom is 0.291 e. The molecule has 2 fully saturated rings. The lowest BCUT2D eigenvalue weighted by Crippen LogP contribution is -2.44. The van der Waals surface area contributed by atoms with E-state index in [-0.39, 0.29) is 17.7 Å². The standard InChI is InChI=1S/C23H29N3O3S/c1-23(12-6-3-7-13-23)20(27)22(28)26-14-8-11-18(26)21-25-24-19(30-21)16-29-15-17-9-4-2-5-10-17/h2,4-5,9-10,18H,3,6-8,11-16H2,1H3. The van der Waals surface area contributed by atoms with E-state index in [1.165, 1.54) is 11.3 Å². The van der Waals surface area contributed by atoms with Gasteiger partial charge in [-0.1, -0.05) is 67.9 Å². The second kappa shape index (κ2) is 9.35. The molecule has 1 atom stereocenters. The van der Waals surface area contributed by atoms with Crippen molar-refractivity contribution in [1.29, 1.82) is 0 Å². The van der Waals surface area contributed by atoms with Gasteiger partial charge in [0.05, 0.1) is 12.6 Å². The SMILES string of the molecule is CC1(C(=O)C(=O)N2CCCC2c2nnc(COCc3ccccc3)s2)CCCCC1. The highest BCUT2D eigenvalue weighted by atomic mass is 32.1. The van der Waals surface area contributed by atoms with E-state index >= 15 is 0 Å². The van der Waals surface area contributed by atoms with E-state index in [0.29, 0.717) is 19.8 Å². The Morgan fingerprint density at radius 2 is 1.87 bits per heavy atom. The Morgan fingerprint density at radius 1 is 1.10 bits per heavy atom. The molecule has 2 heterocycles. The van der Waals surface area contributed by atoms with Crippen molar-refractivity contribution in [2.75, 3.05) is 6.54 Å². The van der Waals surface area contributed by atoms with Crippen LogP contribution in [0.1, 0.15) is 73.5 Å². The molecule has 0 radical (unpaired) electrons. The molecule has 1 aliphatic heterocycles. The molecule has 1 aromatic heterocycles. The molecule has 30 heavy (non-hydrogen) atoms. The first-order chi connectivity index (χ1) is 14.6. The minimum absolute atomic E-state index is 0.144. The summed E-state index contributed by atoms with van der Waals surface area (Å²) in [7, 11) is 0. The molecule has 4 rings (SSSR count). The zero-order valence-electron chi connectivity index (χ0n) is 17.5. The molecule has 7 heteroatoms. The summed E-state index contributed by atoms with van der Waals surface area (Å²) in [6, 6.07) is 9.86. The summed E-state index contributed by atoms with van der Waals surface area (Å²) >= 11 is 1.48. The second-order valence-corrected chi connectivity index (χ2v) is 9.71. The number of carbonyl (C=O) groups is 2. The number of aromatic nitrogens is 2. The predicted octanol–water partition coefficient (Wildman–Crippen LogP) is 4.46. The van der Waals surface area contributed by atoms with Crippen LogP contribution in [-0.2, 0) is 27.5 Å². The molecule has 1 aliphatic carbocycles. The highest BCUT2D eigenvalue weighted by Gasteiger charge is 2.43. The van der Waals surface area contributed by atoms with Crippen LogP contribution in [0.5, 0.6) is 0 Å². The Morgan fingerprint density at radius 3 is 2.63 bits per heavy atom. The molecule has 1 amide bonds. The van der Waals surface area contributed by atoms with E-state index in [2.05, 4.69) is 10.2 Å². The Balaban J connectivity index is 1.37. The van der Waals surface area contributed by atoms with Gasteiger partial charge in [0.15, 0.2) is 0 Å². The summed E-state index contributed by atoms with van der Waals surface area (Å²) in [6.45, 7) is 3.50. The van der Waals surface area contributed by atoms with Crippen LogP contribution in [-0.4, -0.2) is 33.3 Å². The first kappa shape index (κ1) is 21.1. The fourth-order valence-electron chi connectivity index (χ4n) is 4.50. The molecule has 0 N–H and O–H groups in total. The minimum Gasteiger partial charge on any atom is -0.370 e. The van der Waals surface area contributed by atoms with Crippen LogP contribution in [0.15, 0.2) is 30.3 Å². The van der Waals surface area contributed by atoms with E-state index in [1.54, 1.807) is 4.90 Å². The molecule has 0 spiro atoms. The van der Waals surface area contributed by atoms with Gasteiger partial charge < -0.3 is 9.64 Å². The van der Waals surface area contributed by atoms with Gasteiger partial charge in [-0.05, 0) is 31.2 Å². The normalized spacial score (nSPS) is 21.0. The van der Waals surface area contributed by atoms with Gasteiger partial charge in [0.1, 0.15) is 16.6 Å². The number of likely N-dealkylation sites (tertiary alicyclic amines) is 1. The Bertz CT molecular complexity index is 877. The van der Waals surface area contributed by atoms with Gasteiger partial charge >= 0.3 is 0 Å². The number of hydrogen-bond donors (Lipinski definition) is 0. The van der Waals surface area contributed by atoms with E-state index < -0.39 is 5.41 Å². The Labute approximate surface area is 181 Å². The van der Waals surface area contributed by atoms with Crippen molar-refractivity contribution in [1.82, 2.24) is 15.1 Å². The van der Waals surface area contributed by atoms with Gasteiger partial charge in [-0.15, -0.1) is 10.2 Å². The number of carbonyl (C=O) groups excluding carboxylic acids is 2. The number of amides is 1. The van der Waals surface area contributed by atoms with Crippen LogP contribution >= 0.6 is 11.3 Å². The van der Waals surface area contributed by atoms with Crippen molar-refractivity contribution in [2.45, 2.75) is 71.1 Å². The van der Waals surface area contributed by atoms with Crippen LogP contribution < -0.4 is 0 Å². The van der Waals surface area contributed by atoms with Gasteiger partial charge in [0.2, 0.25) is 5.78 Å². The van der Waals surface area contributed by atoms with Crippen molar-refractivity contribution >= 4 is 23.0 Å². The molecule has 1 aromatic carbocycles. The average Bonchev–Trinajstić information content (AvgIpc) is 3.43. The molecular formula is C23H29N3O3S. The van der Waals surface area contributed by atoms with E-state index in [4.69, 9.17) is 4.74 Å². The van der Waals surface area contributed by atoms with Gasteiger partial charge in [-0.3, -0.25) is 9.59 Å². The highest BCUT2D eigenvalue weighted by Crippen LogP contribution is 2.39. The minimum atomic E-state index is -0.500. The molecule has 0 bridgehead atoms. The van der Waals surface area contributed by atoms with Crippen molar-refractivity contribution in [3.8, 4) is 0 Å². The number of benzene rings is 1. The van der Waals surface area contributed by atoms with E-state index in [0.717, 1.165) is 60.5 Å². The lowest BCUT2D eigenvalue weighted by Gasteiger charge is -2.33. The number of hydrogen-bond acceptors (Lipinski definition) is 6. The maximum atomic E-state index is 13.1. The Kier molecular flexibility index (Phi) is 6.58. The average molecular weight is 428 g/mol. The maximum absolute atomic E-state index is 13.1. The quantitative estimate of drug-likeness (QED) is 0.610. The monoisotopic (exact) mass is 427 g/mol.